The van der Waals surface area contributed by atoms with Gasteiger partial charge >= 0.3 is 6.09 Å². The van der Waals surface area contributed by atoms with Gasteiger partial charge < -0.3 is 29.5 Å². The largest absolute Gasteiger partial charge is 0.493 e. The molecule has 1 atom stereocenters. The van der Waals surface area contributed by atoms with Gasteiger partial charge in [0.25, 0.3) is 5.92 Å². The van der Waals surface area contributed by atoms with Crippen LogP contribution in [0, 0.1) is 11.7 Å². The van der Waals surface area contributed by atoms with E-state index in [0.29, 0.717) is 88.0 Å². The van der Waals surface area contributed by atoms with Crippen molar-refractivity contribution in [3.05, 3.63) is 94.3 Å². The number of piperazine rings is 1. The van der Waals surface area contributed by atoms with E-state index < -0.39 is 18.1 Å². The average Bonchev–Trinajstić information content (AvgIpc) is 3.18. The van der Waals surface area contributed by atoms with E-state index in [1.54, 1.807) is 17.0 Å². The summed E-state index contributed by atoms with van der Waals surface area (Å²) in [7, 11) is 0. The number of hydrogen-bond donors (Lipinski definition) is 1. The van der Waals surface area contributed by atoms with Crippen LogP contribution in [0.15, 0.2) is 66.7 Å². The molecule has 3 aliphatic rings. The fourth-order valence-corrected chi connectivity index (χ4v) is 7.92. The van der Waals surface area contributed by atoms with Crippen LogP contribution in [0.4, 0.5) is 23.7 Å². The molecule has 1 N–H and O–H groups in total. The fourth-order valence-electron chi connectivity index (χ4n) is 7.73. The van der Waals surface area contributed by atoms with Crippen molar-refractivity contribution in [1.82, 2.24) is 20.0 Å². The number of nitrogens with one attached hydrogen (secondary N) is 1. The van der Waals surface area contributed by atoms with E-state index in [1.165, 1.54) is 6.07 Å². The minimum Gasteiger partial charge on any atom is -0.493 e. The van der Waals surface area contributed by atoms with E-state index in [9.17, 15) is 22.8 Å². The number of alkyl carbamates (subject to hydrolysis) is 1. The Hall–Kier alpha value is -4.00. The lowest BCUT2D eigenvalue weighted by Crippen LogP contribution is -2.58. The summed E-state index contributed by atoms with van der Waals surface area (Å²) in [5.74, 6) is -2.64. The van der Waals surface area contributed by atoms with Crippen LogP contribution in [0.2, 0.25) is 5.02 Å². The molecule has 0 radical (unpaired) electrons. The van der Waals surface area contributed by atoms with E-state index in [1.807, 2.05) is 60.4 Å². The number of ether oxygens (including phenoxy) is 2. The smallest absolute Gasteiger partial charge is 0.408 e. The maximum atomic E-state index is 14.8. The number of hydrogen-bond acceptors (Lipinski definition) is 7. The highest BCUT2D eigenvalue weighted by Crippen LogP contribution is 2.34. The van der Waals surface area contributed by atoms with Crippen molar-refractivity contribution in [2.45, 2.75) is 64.1 Å². The number of rotatable bonds is 13. The van der Waals surface area contributed by atoms with E-state index in [-0.39, 0.29) is 37.1 Å². The summed E-state index contributed by atoms with van der Waals surface area (Å²) >= 11 is 6.38. The average molecular weight is 770 g/mol. The van der Waals surface area contributed by atoms with Crippen LogP contribution in [0.25, 0.3) is 0 Å². The van der Waals surface area contributed by atoms with Gasteiger partial charge in [-0.05, 0) is 86.7 Å². The SMILES string of the molecule is CCOc1cccc(F)c1CN1CCN(C(=O)[C@H](NC(=O)OCc2ccccc2)C2CCN(CCc3cc(Cl)ccc3N3CCC(F)(F)CC3)CC2)CC1. The third-order valence-electron chi connectivity index (χ3n) is 10.9. The van der Waals surface area contributed by atoms with Crippen LogP contribution in [0.5, 0.6) is 5.75 Å². The van der Waals surface area contributed by atoms with Gasteiger partial charge in [0.1, 0.15) is 24.2 Å². The molecule has 6 rings (SSSR count). The number of likely N-dealkylation sites (tertiary alicyclic amines) is 1. The van der Waals surface area contributed by atoms with Crippen LogP contribution in [0.1, 0.15) is 49.3 Å². The lowest BCUT2D eigenvalue weighted by molar-refractivity contribution is -0.137. The van der Waals surface area contributed by atoms with Gasteiger partial charge in [-0.15, -0.1) is 0 Å². The Balaban J connectivity index is 1.07. The van der Waals surface area contributed by atoms with Crippen LogP contribution in [-0.4, -0.2) is 104 Å². The highest BCUT2D eigenvalue weighted by molar-refractivity contribution is 6.30. The highest BCUT2D eigenvalue weighted by atomic mass is 35.5. The molecule has 3 fully saturated rings. The van der Waals surface area contributed by atoms with Crippen LogP contribution in [0.3, 0.4) is 0 Å². The Labute approximate surface area is 321 Å². The Kier molecular flexibility index (Phi) is 13.6. The maximum absolute atomic E-state index is 14.8. The predicted molar refractivity (Wildman–Crippen MR) is 204 cm³/mol. The van der Waals surface area contributed by atoms with Gasteiger partial charge in [0.15, 0.2) is 0 Å². The Morgan fingerprint density at radius 2 is 1.63 bits per heavy atom. The normalized spacial score (nSPS) is 19.0. The van der Waals surface area contributed by atoms with Crippen molar-refractivity contribution in [3.63, 3.8) is 0 Å². The topological polar surface area (TPSA) is 77.6 Å². The lowest BCUT2D eigenvalue weighted by atomic mass is 9.88. The molecule has 3 aliphatic heterocycles. The summed E-state index contributed by atoms with van der Waals surface area (Å²) < 4.78 is 53.8. The monoisotopic (exact) mass is 769 g/mol. The predicted octanol–water partition coefficient (Wildman–Crippen LogP) is 7.01. The van der Waals surface area contributed by atoms with Gasteiger partial charge in [-0.2, -0.15) is 0 Å². The van der Waals surface area contributed by atoms with Crippen molar-refractivity contribution in [3.8, 4) is 5.75 Å². The first-order valence-electron chi connectivity index (χ1n) is 19.1. The standard InChI is InChI=1S/C41H51ClF3N5O4/c1-2-53-37-10-6-9-35(43)34(37)28-48-23-25-50(26-24-48)39(51)38(46-40(52)54-29-30-7-4-3-5-8-30)31-13-18-47(19-14-31)20-15-32-27-33(42)11-12-36(32)49-21-16-41(44,45)17-22-49/h3-12,27,31,38H,2,13-26,28-29H2,1H3,(H,46,52)/t38-/m1/s1. The van der Waals surface area contributed by atoms with Gasteiger partial charge in [0.2, 0.25) is 5.91 Å². The second kappa shape index (κ2) is 18.6. The fraction of sp³-hybridized carbons (Fsp3) is 0.512. The molecule has 3 heterocycles. The summed E-state index contributed by atoms with van der Waals surface area (Å²) in [6.45, 7) is 7.62. The Morgan fingerprint density at radius 1 is 0.907 bits per heavy atom. The van der Waals surface area contributed by atoms with Gasteiger partial charge in [-0.25, -0.2) is 18.0 Å². The van der Waals surface area contributed by atoms with Crippen molar-refractivity contribution in [2.24, 2.45) is 5.92 Å². The second-order valence-electron chi connectivity index (χ2n) is 14.5. The summed E-state index contributed by atoms with van der Waals surface area (Å²) in [6, 6.07) is 19.2. The van der Waals surface area contributed by atoms with E-state index in [2.05, 4.69) is 15.1 Å². The molecule has 0 unspecified atom stereocenters. The van der Waals surface area contributed by atoms with E-state index >= 15 is 0 Å². The first-order valence-corrected chi connectivity index (χ1v) is 19.5. The first-order chi connectivity index (χ1) is 26.1. The molecule has 0 bridgehead atoms. The van der Waals surface area contributed by atoms with Crippen molar-refractivity contribution < 1.29 is 32.2 Å². The second-order valence-corrected chi connectivity index (χ2v) is 14.9. The summed E-state index contributed by atoms with van der Waals surface area (Å²) in [5.41, 5.74) is 3.35. The zero-order valence-corrected chi connectivity index (χ0v) is 31.7. The minimum atomic E-state index is -2.62. The molecule has 54 heavy (non-hydrogen) atoms. The first kappa shape index (κ1) is 39.7. The Bertz CT molecular complexity index is 1690. The molecular formula is C41H51ClF3N5O4. The van der Waals surface area contributed by atoms with Gasteiger partial charge in [-0.3, -0.25) is 9.69 Å². The molecular weight excluding hydrogens is 719 g/mol. The molecule has 0 aromatic heterocycles. The Morgan fingerprint density at radius 3 is 2.33 bits per heavy atom. The van der Waals surface area contributed by atoms with Crippen LogP contribution in [-0.2, 0) is 29.1 Å². The third kappa shape index (κ3) is 10.6. The molecule has 0 saturated carbocycles. The zero-order chi connectivity index (χ0) is 38.1. The molecule has 3 saturated heterocycles. The number of benzene rings is 3. The quantitative estimate of drug-likeness (QED) is 0.201. The highest BCUT2D eigenvalue weighted by Gasteiger charge is 2.37. The number of anilines is 1. The molecule has 2 amide bonds. The summed E-state index contributed by atoms with van der Waals surface area (Å²) in [5, 5.41) is 3.55. The minimum absolute atomic E-state index is 0.0931. The van der Waals surface area contributed by atoms with Crippen LogP contribution >= 0.6 is 11.6 Å². The van der Waals surface area contributed by atoms with E-state index in [4.69, 9.17) is 21.1 Å². The molecule has 3 aromatic rings. The number of piperidine rings is 2. The van der Waals surface area contributed by atoms with Crippen LogP contribution < -0.4 is 15.0 Å². The van der Waals surface area contributed by atoms with Crippen molar-refractivity contribution >= 4 is 29.3 Å². The zero-order valence-electron chi connectivity index (χ0n) is 31.0. The number of carbonyl (C=O) groups is 2. The van der Waals surface area contributed by atoms with Gasteiger partial charge in [0.05, 0.1) is 6.61 Å². The van der Waals surface area contributed by atoms with Crippen molar-refractivity contribution in [2.75, 3.05) is 70.4 Å². The maximum Gasteiger partial charge on any atom is 0.408 e. The number of alkyl halides is 2. The molecule has 0 spiro atoms. The summed E-state index contributed by atoms with van der Waals surface area (Å²) in [6.07, 6.45) is 1.16. The lowest BCUT2D eigenvalue weighted by Gasteiger charge is -2.40. The number of halogens is 4. The molecule has 292 valence electrons. The van der Waals surface area contributed by atoms with Gasteiger partial charge in [0, 0.05) is 81.5 Å². The molecule has 9 nitrogen and oxygen atoms in total. The van der Waals surface area contributed by atoms with Gasteiger partial charge in [-0.1, -0.05) is 48.0 Å². The van der Waals surface area contributed by atoms with E-state index in [0.717, 1.165) is 36.4 Å². The van der Waals surface area contributed by atoms with Crippen molar-refractivity contribution in [1.29, 1.82) is 0 Å². The third-order valence-corrected chi connectivity index (χ3v) is 11.1. The molecule has 0 aliphatic carbocycles. The number of carbonyl (C=O) groups excluding carboxylic acids is 2. The summed E-state index contributed by atoms with van der Waals surface area (Å²) in [4.78, 5) is 35.6. The molecule has 13 heteroatoms. The number of nitrogens with zero attached hydrogens (tertiary/aromatic N) is 4. The molecule has 3 aromatic carbocycles. The number of amides is 2.